The molecule has 3 rings (SSSR count). The first kappa shape index (κ1) is 8.68. The van der Waals surface area contributed by atoms with Crippen molar-refractivity contribution < 1.29 is 14.5 Å². The Morgan fingerprint density at radius 2 is 2.14 bits per heavy atom. The molecule has 2 aliphatic rings. The summed E-state index contributed by atoms with van der Waals surface area (Å²) in [4.78, 5) is 10.2. The Morgan fingerprint density at radius 1 is 1.29 bits per heavy atom. The molecule has 2 fully saturated rings. The van der Waals surface area contributed by atoms with Crippen LogP contribution in [0.5, 0.6) is 0 Å². The molecule has 74 valence electrons. The van der Waals surface area contributed by atoms with Crippen LogP contribution in [0.1, 0.15) is 11.7 Å². The standard InChI is InChI=1S/C10H9ClO3/c11-7-4-2-1-3-6(7)9-10-8(13-10)5-12-14-9/h1-4,8-10H,5H2/t8-,9-,10-/m1/s1. The molecule has 4 heteroatoms. The molecule has 3 atom stereocenters. The number of hydrogen-bond donors (Lipinski definition) is 0. The molecule has 0 radical (unpaired) electrons. The largest absolute Gasteiger partial charge is 0.364 e. The van der Waals surface area contributed by atoms with E-state index in [2.05, 4.69) is 0 Å². The fourth-order valence-corrected chi connectivity index (χ4v) is 1.97. The van der Waals surface area contributed by atoms with Gasteiger partial charge in [0.1, 0.15) is 24.9 Å². The lowest BCUT2D eigenvalue weighted by Crippen LogP contribution is -2.22. The first-order valence-corrected chi connectivity index (χ1v) is 4.92. The van der Waals surface area contributed by atoms with Crippen LogP contribution in [0.15, 0.2) is 24.3 Å². The van der Waals surface area contributed by atoms with Crippen LogP contribution < -0.4 is 0 Å². The highest BCUT2D eigenvalue weighted by Crippen LogP contribution is 2.42. The van der Waals surface area contributed by atoms with Gasteiger partial charge in [-0.05, 0) is 6.07 Å². The molecule has 2 aliphatic heterocycles. The van der Waals surface area contributed by atoms with Crippen molar-refractivity contribution >= 4 is 11.6 Å². The normalized spacial score (nSPS) is 35.1. The number of hydrogen-bond acceptors (Lipinski definition) is 3. The van der Waals surface area contributed by atoms with E-state index < -0.39 is 0 Å². The summed E-state index contributed by atoms with van der Waals surface area (Å²) in [6, 6.07) is 7.59. The molecule has 0 unspecified atom stereocenters. The summed E-state index contributed by atoms with van der Waals surface area (Å²) in [6.45, 7) is 0.519. The molecule has 1 aromatic carbocycles. The fraction of sp³-hybridized carbons (Fsp3) is 0.400. The lowest BCUT2D eigenvalue weighted by atomic mass is 10.0. The predicted molar refractivity (Wildman–Crippen MR) is 49.9 cm³/mol. The van der Waals surface area contributed by atoms with E-state index in [9.17, 15) is 0 Å². The highest BCUT2D eigenvalue weighted by molar-refractivity contribution is 6.31. The summed E-state index contributed by atoms with van der Waals surface area (Å²) >= 11 is 6.05. The molecule has 14 heavy (non-hydrogen) atoms. The van der Waals surface area contributed by atoms with Gasteiger partial charge in [-0.25, -0.2) is 9.78 Å². The quantitative estimate of drug-likeness (QED) is 0.528. The number of fused-ring (bicyclic) bond motifs is 1. The van der Waals surface area contributed by atoms with E-state index in [4.69, 9.17) is 26.1 Å². The molecule has 0 saturated carbocycles. The molecule has 3 nitrogen and oxygen atoms in total. The zero-order valence-electron chi connectivity index (χ0n) is 7.35. The van der Waals surface area contributed by atoms with Crippen LogP contribution in [0.3, 0.4) is 0 Å². The first-order valence-electron chi connectivity index (χ1n) is 4.54. The van der Waals surface area contributed by atoms with Crippen LogP contribution in [0, 0.1) is 0 Å². The number of rotatable bonds is 1. The minimum atomic E-state index is -0.178. The third-order valence-corrected chi connectivity index (χ3v) is 2.88. The van der Waals surface area contributed by atoms with Gasteiger partial charge in [-0.15, -0.1) is 0 Å². The number of halogens is 1. The van der Waals surface area contributed by atoms with E-state index in [-0.39, 0.29) is 18.3 Å². The van der Waals surface area contributed by atoms with Crippen molar-refractivity contribution in [2.45, 2.75) is 18.3 Å². The van der Waals surface area contributed by atoms with Crippen molar-refractivity contribution in [3.05, 3.63) is 34.9 Å². The van der Waals surface area contributed by atoms with Crippen molar-refractivity contribution in [2.24, 2.45) is 0 Å². The molecule has 0 spiro atoms. The lowest BCUT2D eigenvalue weighted by molar-refractivity contribution is -0.339. The SMILES string of the molecule is Clc1ccccc1[C@H]1OOC[C@H]2O[C@@H]12. The summed E-state index contributed by atoms with van der Waals surface area (Å²) in [5.74, 6) is 0. The van der Waals surface area contributed by atoms with E-state index in [0.29, 0.717) is 11.6 Å². The van der Waals surface area contributed by atoms with Crippen LogP contribution in [-0.2, 0) is 14.5 Å². The van der Waals surface area contributed by atoms with Gasteiger partial charge in [-0.1, -0.05) is 29.8 Å². The van der Waals surface area contributed by atoms with Crippen LogP contribution in [0.2, 0.25) is 5.02 Å². The van der Waals surface area contributed by atoms with Gasteiger partial charge in [0.05, 0.1) is 0 Å². The van der Waals surface area contributed by atoms with Crippen molar-refractivity contribution in [1.82, 2.24) is 0 Å². The first-order chi connectivity index (χ1) is 6.86. The Kier molecular flexibility index (Phi) is 1.99. The highest BCUT2D eigenvalue weighted by atomic mass is 35.5. The second-order valence-corrected chi connectivity index (χ2v) is 3.87. The Labute approximate surface area is 86.5 Å². The van der Waals surface area contributed by atoms with E-state index in [1.165, 1.54) is 0 Å². The molecule has 0 bridgehead atoms. The minimum absolute atomic E-state index is 0.114. The van der Waals surface area contributed by atoms with E-state index in [0.717, 1.165) is 5.56 Å². The zero-order valence-corrected chi connectivity index (χ0v) is 8.11. The number of ether oxygens (including phenoxy) is 1. The fourth-order valence-electron chi connectivity index (χ4n) is 1.73. The summed E-state index contributed by atoms with van der Waals surface area (Å²) in [6.07, 6.45) is 0.121. The third-order valence-electron chi connectivity index (χ3n) is 2.54. The van der Waals surface area contributed by atoms with Crippen molar-refractivity contribution in [1.29, 1.82) is 0 Å². The van der Waals surface area contributed by atoms with Gasteiger partial charge in [0.15, 0.2) is 0 Å². The summed E-state index contributed by atoms with van der Waals surface area (Å²) in [5.41, 5.74) is 0.932. The van der Waals surface area contributed by atoms with Crippen molar-refractivity contribution in [2.75, 3.05) is 6.61 Å². The number of benzene rings is 1. The third kappa shape index (κ3) is 1.33. The summed E-state index contributed by atoms with van der Waals surface area (Å²) < 4.78 is 5.39. The van der Waals surface area contributed by atoms with Crippen LogP contribution in [-0.4, -0.2) is 18.8 Å². The van der Waals surface area contributed by atoms with Gasteiger partial charge in [0, 0.05) is 10.6 Å². The smallest absolute Gasteiger partial charge is 0.148 e. The average Bonchev–Trinajstić information content (AvgIpc) is 2.97. The predicted octanol–water partition coefficient (Wildman–Crippen LogP) is 2.11. The van der Waals surface area contributed by atoms with Gasteiger partial charge in [0.2, 0.25) is 0 Å². The molecule has 0 amide bonds. The molecular weight excluding hydrogens is 204 g/mol. The summed E-state index contributed by atoms with van der Waals surface area (Å²) in [7, 11) is 0. The molecule has 0 N–H and O–H groups in total. The Hall–Kier alpha value is -0.610. The molecular formula is C10H9ClO3. The summed E-state index contributed by atoms with van der Waals surface area (Å²) in [5, 5.41) is 0.692. The maximum Gasteiger partial charge on any atom is 0.148 e. The van der Waals surface area contributed by atoms with Crippen molar-refractivity contribution in [3.63, 3.8) is 0 Å². The topological polar surface area (TPSA) is 31.0 Å². The van der Waals surface area contributed by atoms with Gasteiger partial charge in [-0.3, -0.25) is 0 Å². The van der Waals surface area contributed by atoms with E-state index >= 15 is 0 Å². The molecule has 2 saturated heterocycles. The van der Waals surface area contributed by atoms with Crippen LogP contribution >= 0.6 is 11.6 Å². The van der Waals surface area contributed by atoms with Gasteiger partial charge in [-0.2, -0.15) is 0 Å². The lowest BCUT2D eigenvalue weighted by Gasteiger charge is -2.19. The second-order valence-electron chi connectivity index (χ2n) is 3.46. The van der Waals surface area contributed by atoms with Crippen molar-refractivity contribution in [3.8, 4) is 0 Å². The Bertz CT molecular complexity index is 355. The highest BCUT2D eigenvalue weighted by Gasteiger charge is 2.51. The second kappa shape index (κ2) is 3.21. The molecule has 1 aromatic rings. The van der Waals surface area contributed by atoms with Crippen LogP contribution in [0.4, 0.5) is 0 Å². The van der Waals surface area contributed by atoms with E-state index in [1.54, 1.807) is 0 Å². The molecule has 0 aromatic heterocycles. The maximum absolute atomic E-state index is 6.05. The Morgan fingerprint density at radius 3 is 3.00 bits per heavy atom. The minimum Gasteiger partial charge on any atom is -0.364 e. The molecule has 2 heterocycles. The van der Waals surface area contributed by atoms with Gasteiger partial charge < -0.3 is 4.74 Å². The number of epoxide rings is 1. The Balaban J connectivity index is 1.91. The zero-order chi connectivity index (χ0) is 9.54. The van der Waals surface area contributed by atoms with E-state index in [1.807, 2.05) is 24.3 Å². The van der Waals surface area contributed by atoms with Gasteiger partial charge in [0.25, 0.3) is 0 Å². The van der Waals surface area contributed by atoms with Crippen LogP contribution in [0.25, 0.3) is 0 Å². The monoisotopic (exact) mass is 212 g/mol. The maximum atomic E-state index is 6.05. The van der Waals surface area contributed by atoms with Gasteiger partial charge >= 0.3 is 0 Å². The molecule has 0 aliphatic carbocycles. The average molecular weight is 213 g/mol.